The van der Waals surface area contributed by atoms with Crippen LogP contribution in [0, 0.1) is 0 Å². The number of allylic oxidation sites excluding steroid dienone is 1. The van der Waals surface area contributed by atoms with Gasteiger partial charge >= 0.3 is 0 Å². The molecule has 0 saturated carbocycles. The first-order valence-corrected chi connectivity index (χ1v) is 6.73. The van der Waals surface area contributed by atoms with E-state index in [1.807, 2.05) is 30.5 Å². The summed E-state index contributed by atoms with van der Waals surface area (Å²) in [5.74, 6) is 0.959. The molecule has 0 radical (unpaired) electrons. The summed E-state index contributed by atoms with van der Waals surface area (Å²) in [6.07, 6.45) is 9.15. The molecule has 0 aliphatic carbocycles. The maximum Gasteiger partial charge on any atom is 0.244 e. The quantitative estimate of drug-likeness (QED) is 0.620. The Bertz CT molecular complexity index is 606. The fraction of sp³-hybridized carbons (Fsp3) is 0.267. The number of ether oxygens (including phenoxy) is 1. The summed E-state index contributed by atoms with van der Waals surface area (Å²) in [5.41, 5.74) is 1.20. The Morgan fingerprint density at radius 3 is 3.26 bits per heavy atom. The molecule has 1 atom stereocenters. The number of aromatic nitrogens is 2. The lowest BCUT2D eigenvalue weighted by molar-refractivity contribution is -0.701. The van der Waals surface area contributed by atoms with E-state index in [9.17, 15) is 0 Å². The zero-order chi connectivity index (χ0) is 13.2. The number of nitrogens with zero attached hydrogens (tertiary/aromatic N) is 2. The Hall–Kier alpha value is -1.74. The van der Waals surface area contributed by atoms with E-state index in [-0.39, 0.29) is 6.10 Å². The second-order valence-electron chi connectivity index (χ2n) is 4.79. The monoisotopic (exact) mass is 275 g/mol. The van der Waals surface area contributed by atoms with Gasteiger partial charge in [0.25, 0.3) is 0 Å². The maximum absolute atomic E-state index is 6.00. The normalized spacial score (nSPS) is 17.0. The smallest absolute Gasteiger partial charge is 0.244 e. The van der Waals surface area contributed by atoms with Gasteiger partial charge in [-0.05, 0) is 23.8 Å². The molecule has 1 aromatic carbocycles. The molecule has 1 aliphatic rings. The highest BCUT2D eigenvalue weighted by Crippen LogP contribution is 2.31. The molecular weight excluding hydrogens is 260 g/mol. The third-order valence-corrected chi connectivity index (χ3v) is 3.50. The van der Waals surface area contributed by atoms with Crippen molar-refractivity contribution in [2.24, 2.45) is 0 Å². The lowest BCUT2D eigenvalue weighted by Crippen LogP contribution is -2.39. The zero-order valence-electron chi connectivity index (χ0n) is 10.6. The molecule has 3 nitrogen and oxygen atoms in total. The third-order valence-electron chi connectivity index (χ3n) is 3.26. The summed E-state index contributed by atoms with van der Waals surface area (Å²) >= 11 is 6.00. The largest absolute Gasteiger partial charge is 0.486 e. The molecule has 0 bridgehead atoms. The first-order valence-electron chi connectivity index (χ1n) is 6.35. The fourth-order valence-electron chi connectivity index (χ4n) is 2.43. The molecule has 1 unspecified atom stereocenters. The molecule has 0 spiro atoms. The van der Waals surface area contributed by atoms with E-state index in [0.29, 0.717) is 0 Å². The van der Waals surface area contributed by atoms with Crippen LogP contribution in [-0.2, 0) is 19.5 Å². The van der Waals surface area contributed by atoms with Crippen molar-refractivity contribution >= 4 is 11.6 Å². The highest BCUT2D eigenvalue weighted by Gasteiger charge is 2.25. The molecule has 4 heteroatoms. The topological polar surface area (TPSA) is 18.0 Å². The van der Waals surface area contributed by atoms with E-state index in [2.05, 4.69) is 28.2 Å². The second kappa shape index (κ2) is 5.10. The van der Waals surface area contributed by atoms with Crippen molar-refractivity contribution < 1.29 is 9.30 Å². The Balaban J connectivity index is 1.67. The highest BCUT2D eigenvalue weighted by atomic mass is 35.5. The summed E-state index contributed by atoms with van der Waals surface area (Å²) in [5, 5.41) is 0.771. The van der Waals surface area contributed by atoms with Crippen molar-refractivity contribution in [3.8, 4) is 5.75 Å². The van der Waals surface area contributed by atoms with Gasteiger partial charge in [0.15, 0.2) is 0 Å². The van der Waals surface area contributed by atoms with Crippen LogP contribution >= 0.6 is 11.6 Å². The minimum Gasteiger partial charge on any atom is -0.486 e. The average Bonchev–Trinajstić information content (AvgIpc) is 2.96. The highest BCUT2D eigenvalue weighted by molar-refractivity contribution is 6.30. The Labute approximate surface area is 117 Å². The van der Waals surface area contributed by atoms with E-state index in [0.717, 1.165) is 30.3 Å². The van der Waals surface area contributed by atoms with E-state index in [4.69, 9.17) is 16.3 Å². The summed E-state index contributed by atoms with van der Waals surface area (Å²) in [4.78, 5) is 0. The van der Waals surface area contributed by atoms with Gasteiger partial charge in [-0.3, -0.25) is 0 Å². The van der Waals surface area contributed by atoms with Gasteiger partial charge in [0, 0.05) is 11.4 Å². The Morgan fingerprint density at radius 2 is 2.42 bits per heavy atom. The number of halogens is 1. The molecular formula is C15H16ClN2O+. The average molecular weight is 276 g/mol. The molecule has 19 heavy (non-hydrogen) atoms. The second-order valence-corrected chi connectivity index (χ2v) is 5.23. The van der Waals surface area contributed by atoms with Gasteiger partial charge in [0.05, 0.1) is 0 Å². The van der Waals surface area contributed by atoms with Crippen LogP contribution in [-0.4, -0.2) is 10.7 Å². The lowest BCUT2D eigenvalue weighted by Gasteiger charge is -2.07. The SMILES string of the molecule is C=CCn1cc[n+](CC2Cc3cc(Cl)ccc3O2)c1. The molecule has 1 aliphatic heterocycles. The molecule has 0 amide bonds. The molecule has 2 aromatic rings. The fourth-order valence-corrected chi connectivity index (χ4v) is 2.62. The third kappa shape index (κ3) is 2.66. The van der Waals surface area contributed by atoms with Crippen LogP contribution in [0.15, 0.2) is 49.6 Å². The molecule has 2 heterocycles. The van der Waals surface area contributed by atoms with Gasteiger partial charge < -0.3 is 4.74 Å². The van der Waals surface area contributed by atoms with Crippen LogP contribution in [0.25, 0.3) is 0 Å². The van der Waals surface area contributed by atoms with E-state index in [1.165, 1.54) is 5.56 Å². The molecule has 0 N–H and O–H groups in total. The van der Waals surface area contributed by atoms with E-state index >= 15 is 0 Å². The molecule has 0 fully saturated rings. The predicted octanol–water partition coefficient (Wildman–Crippen LogP) is 2.62. The molecule has 98 valence electrons. The summed E-state index contributed by atoms with van der Waals surface area (Å²) < 4.78 is 10.2. The van der Waals surface area contributed by atoms with Crippen molar-refractivity contribution in [2.75, 3.05) is 0 Å². The van der Waals surface area contributed by atoms with Crippen molar-refractivity contribution in [1.82, 2.24) is 4.57 Å². The predicted molar refractivity (Wildman–Crippen MR) is 74.4 cm³/mol. The number of hydrogen-bond donors (Lipinski definition) is 0. The number of hydrogen-bond acceptors (Lipinski definition) is 1. The van der Waals surface area contributed by atoms with Crippen LogP contribution in [0.5, 0.6) is 5.75 Å². The van der Waals surface area contributed by atoms with Gasteiger partial charge in [0.2, 0.25) is 6.33 Å². The Kier molecular flexibility index (Phi) is 3.30. The van der Waals surface area contributed by atoms with Crippen molar-refractivity contribution in [1.29, 1.82) is 0 Å². The first kappa shape index (κ1) is 12.3. The van der Waals surface area contributed by atoms with Gasteiger partial charge in [-0.2, -0.15) is 0 Å². The van der Waals surface area contributed by atoms with Crippen LogP contribution in [0.3, 0.4) is 0 Å². The first-order chi connectivity index (χ1) is 9.24. The van der Waals surface area contributed by atoms with Gasteiger partial charge in [-0.25, -0.2) is 9.13 Å². The maximum atomic E-state index is 6.00. The van der Waals surface area contributed by atoms with Crippen LogP contribution in [0.2, 0.25) is 5.02 Å². The van der Waals surface area contributed by atoms with Crippen LogP contribution < -0.4 is 9.30 Å². The van der Waals surface area contributed by atoms with Gasteiger partial charge in [-0.15, -0.1) is 0 Å². The molecule has 1 aromatic heterocycles. The van der Waals surface area contributed by atoms with Gasteiger partial charge in [0.1, 0.15) is 37.3 Å². The lowest BCUT2D eigenvalue weighted by atomic mass is 10.1. The van der Waals surface area contributed by atoms with Crippen LogP contribution in [0.1, 0.15) is 5.56 Å². The number of imidazole rings is 1. The molecule has 0 saturated heterocycles. The van der Waals surface area contributed by atoms with Gasteiger partial charge in [-0.1, -0.05) is 24.3 Å². The summed E-state index contributed by atoms with van der Waals surface area (Å²) in [7, 11) is 0. The van der Waals surface area contributed by atoms with E-state index < -0.39 is 0 Å². The van der Waals surface area contributed by atoms with Crippen molar-refractivity contribution in [3.63, 3.8) is 0 Å². The number of rotatable bonds is 4. The molecule has 3 rings (SSSR count). The Morgan fingerprint density at radius 1 is 1.53 bits per heavy atom. The van der Waals surface area contributed by atoms with Crippen LogP contribution in [0.4, 0.5) is 0 Å². The van der Waals surface area contributed by atoms with Crippen molar-refractivity contribution in [2.45, 2.75) is 25.6 Å². The number of fused-ring (bicyclic) bond motifs is 1. The summed E-state index contributed by atoms with van der Waals surface area (Å²) in [6, 6.07) is 5.81. The van der Waals surface area contributed by atoms with Crippen molar-refractivity contribution in [3.05, 3.63) is 60.2 Å². The summed E-state index contributed by atoms with van der Waals surface area (Å²) in [6.45, 7) is 5.41. The minimum absolute atomic E-state index is 0.179. The zero-order valence-corrected chi connectivity index (χ0v) is 11.4. The standard InChI is InChI=1S/C15H16ClN2O/c1-2-5-17-6-7-18(11-17)10-14-9-12-8-13(16)3-4-15(12)19-14/h2-4,6-8,11,14H,1,5,9-10H2/q+1. The number of benzene rings is 1. The minimum atomic E-state index is 0.179. The van der Waals surface area contributed by atoms with E-state index in [1.54, 1.807) is 0 Å².